The van der Waals surface area contributed by atoms with Crippen LogP contribution in [0.1, 0.15) is 16.2 Å². The van der Waals surface area contributed by atoms with E-state index in [1.807, 2.05) is 22.6 Å². The molecule has 0 spiro atoms. The van der Waals surface area contributed by atoms with E-state index in [1.165, 1.54) is 41.1 Å². The number of carbonyl (C=O) groups excluding carboxylic acids is 1. The second kappa shape index (κ2) is 7.11. The molecule has 0 saturated heterocycles. The molecule has 0 aliphatic carbocycles. The third-order valence-corrected chi connectivity index (χ3v) is 4.40. The summed E-state index contributed by atoms with van der Waals surface area (Å²) in [5.74, 6) is -0.743. The maximum absolute atomic E-state index is 14.1. The molecule has 0 radical (unpaired) electrons. The predicted molar refractivity (Wildman–Crippen MR) is 97.6 cm³/mol. The number of non-ortho nitro benzene ring substituents is 1. The molecule has 2 aromatic carbocycles. The highest BCUT2D eigenvalue weighted by Gasteiger charge is 2.17. The zero-order valence-electron chi connectivity index (χ0n) is 13.2. The molecule has 3 rings (SSSR count). The van der Waals surface area contributed by atoms with Crippen molar-refractivity contribution in [2.75, 3.05) is 5.32 Å². The molecule has 1 N–H and O–H groups in total. The molecule has 0 fully saturated rings. The fourth-order valence-electron chi connectivity index (χ4n) is 2.21. The van der Waals surface area contributed by atoms with Gasteiger partial charge < -0.3 is 5.32 Å². The van der Waals surface area contributed by atoms with E-state index >= 15 is 0 Å². The second-order valence-corrected chi connectivity index (χ2v) is 6.34. The van der Waals surface area contributed by atoms with E-state index < -0.39 is 16.6 Å². The van der Waals surface area contributed by atoms with Gasteiger partial charge in [-0.05, 0) is 64.2 Å². The molecule has 0 atom stereocenters. The first-order valence-corrected chi connectivity index (χ1v) is 8.25. The highest BCUT2D eigenvalue weighted by molar-refractivity contribution is 14.1. The number of halogens is 2. The van der Waals surface area contributed by atoms with Crippen LogP contribution in [0.4, 0.5) is 15.8 Å². The van der Waals surface area contributed by atoms with Gasteiger partial charge in [0.15, 0.2) is 5.82 Å². The first kappa shape index (κ1) is 17.8. The van der Waals surface area contributed by atoms with Crippen molar-refractivity contribution in [3.63, 3.8) is 0 Å². The molecule has 11 heteroatoms. The highest BCUT2D eigenvalue weighted by atomic mass is 127. The average molecular weight is 468 g/mol. The highest BCUT2D eigenvalue weighted by Crippen LogP contribution is 2.23. The van der Waals surface area contributed by atoms with Crippen molar-refractivity contribution in [3.8, 4) is 5.69 Å². The van der Waals surface area contributed by atoms with Crippen molar-refractivity contribution in [1.82, 2.24) is 20.2 Å². The summed E-state index contributed by atoms with van der Waals surface area (Å²) >= 11 is 1.91. The van der Waals surface area contributed by atoms with Gasteiger partial charge in [-0.2, -0.15) is 4.68 Å². The Labute approximate surface area is 159 Å². The summed E-state index contributed by atoms with van der Waals surface area (Å²) in [5.41, 5.74) is 0.312. The lowest BCUT2D eigenvalue weighted by molar-refractivity contribution is -0.384. The SMILES string of the molecule is Cc1nnnn1-c1cc(NC(=O)c2cc([N+](=O)[O-])ccc2I)ccc1F. The minimum Gasteiger partial charge on any atom is -0.322 e. The van der Waals surface area contributed by atoms with Crippen molar-refractivity contribution < 1.29 is 14.1 Å². The van der Waals surface area contributed by atoms with Gasteiger partial charge in [0.25, 0.3) is 11.6 Å². The second-order valence-electron chi connectivity index (χ2n) is 5.18. The Hall–Kier alpha value is -2.96. The Morgan fingerprint density at radius 1 is 1.31 bits per heavy atom. The number of benzene rings is 2. The fourth-order valence-corrected chi connectivity index (χ4v) is 2.79. The van der Waals surface area contributed by atoms with Gasteiger partial charge in [0.2, 0.25) is 0 Å². The van der Waals surface area contributed by atoms with E-state index in [9.17, 15) is 19.3 Å². The largest absolute Gasteiger partial charge is 0.322 e. The number of nitrogens with one attached hydrogen (secondary N) is 1. The summed E-state index contributed by atoms with van der Waals surface area (Å²) in [4.78, 5) is 22.8. The molecule has 26 heavy (non-hydrogen) atoms. The third kappa shape index (κ3) is 3.51. The van der Waals surface area contributed by atoms with Gasteiger partial charge in [-0.15, -0.1) is 5.10 Å². The van der Waals surface area contributed by atoms with E-state index in [0.29, 0.717) is 15.1 Å². The van der Waals surface area contributed by atoms with Crippen molar-refractivity contribution in [1.29, 1.82) is 0 Å². The minimum atomic E-state index is -0.580. The number of hydrogen-bond donors (Lipinski definition) is 1. The lowest BCUT2D eigenvalue weighted by Crippen LogP contribution is -2.14. The van der Waals surface area contributed by atoms with E-state index in [4.69, 9.17) is 0 Å². The molecule has 132 valence electrons. The minimum absolute atomic E-state index is 0.0686. The Bertz CT molecular complexity index is 1020. The Morgan fingerprint density at radius 2 is 2.08 bits per heavy atom. The number of nitro groups is 1. The van der Waals surface area contributed by atoms with Crippen LogP contribution in [0.5, 0.6) is 0 Å². The van der Waals surface area contributed by atoms with E-state index in [2.05, 4.69) is 20.8 Å². The van der Waals surface area contributed by atoms with Gasteiger partial charge in [0, 0.05) is 21.4 Å². The smallest absolute Gasteiger partial charge is 0.270 e. The third-order valence-electron chi connectivity index (χ3n) is 3.46. The number of aromatic nitrogens is 4. The fraction of sp³-hybridized carbons (Fsp3) is 0.0667. The first-order chi connectivity index (χ1) is 12.4. The zero-order valence-corrected chi connectivity index (χ0v) is 15.3. The van der Waals surface area contributed by atoms with Crippen LogP contribution in [0.25, 0.3) is 5.69 Å². The number of hydrogen-bond acceptors (Lipinski definition) is 6. The molecular weight excluding hydrogens is 458 g/mol. The van der Waals surface area contributed by atoms with Gasteiger partial charge in [0.05, 0.1) is 10.5 Å². The van der Waals surface area contributed by atoms with Crippen LogP contribution in [-0.4, -0.2) is 31.0 Å². The van der Waals surface area contributed by atoms with Crippen molar-refractivity contribution in [2.24, 2.45) is 0 Å². The number of nitro benzene ring substituents is 1. The van der Waals surface area contributed by atoms with Crippen molar-refractivity contribution in [3.05, 3.63) is 67.3 Å². The Morgan fingerprint density at radius 3 is 2.73 bits per heavy atom. The maximum atomic E-state index is 14.1. The molecule has 0 bridgehead atoms. The lowest BCUT2D eigenvalue weighted by Gasteiger charge is -2.10. The molecule has 3 aromatic rings. The molecule has 1 heterocycles. The van der Waals surface area contributed by atoms with Crippen LogP contribution in [0.3, 0.4) is 0 Å². The van der Waals surface area contributed by atoms with Gasteiger partial charge in [-0.3, -0.25) is 14.9 Å². The van der Waals surface area contributed by atoms with Crippen molar-refractivity contribution in [2.45, 2.75) is 6.92 Å². The number of tetrazole rings is 1. The normalized spacial score (nSPS) is 10.6. The van der Waals surface area contributed by atoms with Crippen LogP contribution >= 0.6 is 22.6 Å². The molecular formula is C15H10FIN6O3. The monoisotopic (exact) mass is 468 g/mol. The topological polar surface area (TPSA) is 116 Å². The van der Waals surface area contributed by atoms with Crippen LogP contribution in [0, 0.1) is 26.4 Å². The van der Waals surface area contributed by atoms with Gasteiger partial charge in [0.1, 0.15) is 11.5 Å². The summed E-state index contributed by atoms with van der Waals surface area (Å²) < 4.78 is 15.8. The number of carbonyl (C=O) groups is 1. The number of nitrogens with zero attached hydrogens (tertiary/aromatic N) is 5. The molecule has 9 nitrogen and oxygen atoms in total. The van der Waals surface area contributed by atoms with E-state index in [1.54, 1.807) is 6.92 Å². The quantitative estimate of drug-likeness (QED) is 0.358. The van der Waals surface area contributed by atoms with Crippen LogP contribution in [0.15, 0.2) is 36.4 Å². The standard InChI is InChI=1S/C15H10FIN6O3/c1-8-19-20-21-22(8)14-6-9(2-4-12(14)16)18-15(24)11-7-10(23(25)26)3-5-13(11)17/h2-7H,1H3,(H,18,24). The van der Waals surface area contributed by atoms with Crippen LogP contribution in [0.2, 0.25) is 0 Å². The molecule has 0 aliphatic heterocycles. The zero-order chi connectivity index (χ0) is 18.8. The van der Waals surface area contributed by atoms with Gasteiger partial charge in [-0.25, -0.2) is 4.39 Å². The maximum Gasteiger partial charge on any atom is 0.270 e. The van der Waals surface area contributed by atoms with Crippen LogP contribution < -0.4 is 5.32 Å². The van der Waals surface area contributed by atoms with E-state index in [-0.39, 0.29) is 16.9 Å². The predicted octanol–water partition coefficient (Wildman–Crippen LogP) is 2.87. The molecule has 1 aromatic heterocycles. The summed E-state index contributed by atoms with van der Waals surface area (Å²) in [6, 6.07) is 7.90. The number of amides is 1. The molecule has 0 saturated carbocycles. The number of anilines is 1. The summed E-state index contributed by atoms with van der Waals surface area (Å²) in [6.07, 6.45) is 0. The van der Waals surface area contributed by atoms with E-state index in [0.717, 1.165) is 0 Å². The summed E-state index contributed by atoms with van der Waals surface area (Å²) in [7, 11) is 0. The molecule has 0 unspecified atom stereocenters. The van der Waals surface area contributed by atoms with Gasteiger partial charge >= 0.3 is 0 Å². The Kier molecular flexibility index (Phi) is 4.88. The molecule has 0 aliphatic rings. The van der Waals surface area contributed by atoms with Crippen molar-refractivity contribution >= 4 is 39.9 Å². The van der Waals surface area contributed by atoms with Crippen LogP contribution in [-0.2, 0) is 0 Å². The number of rotatable bonds is 4. The summed E-state index contributed by atoms with van der Waals surface area (Å²) in [5, 5.41) is 24.3. The lowest BCUT2D eigenvalue weighted by atomic mass is 10.2. The number of aryl methyl sites for hydroxylation is 1. The van der Waals surface area contributed by atoms with Gasteiger partial charge in [-0.1, -0.05) is 0 Å². The summed E-state index contributed by atoms with van der Waals surface area (Å²) in [6.45, 7) is 1.61. The Balaban J connectivity index is 1.93. The average Bonchev–Trinajstić information content (AvgIpc) is 3.02. The first-order valence-electron chi connectivity index (χ1n) is 7.17. The molecule has 1 amide bonds.